The molecule has 0 saturated carbocycles. The van der Waals surface area contributed by atoms with Crippen LogP contribution in [0.3, 0.4) is 0 Å². The predicted octanol–water partition coefficient (Wildman–Crippen LogP) is 3.52. The topological polar surface area (TPSA) is 67.6 Å². The number of anilines is 1. The number of nitrogens with one attached hydrogen (secondary N) is 1. The highest BCUT2D eigenvalue weighted by molar-refractivity contribution is 6.30. The second-order valence-corrected chi connectivity index (χ2v) is 7.86. The van der Waals surface area contributed by atoms with E-state index in [0.29, 0.717) is 6.54 Å². The van der Waals surface area contributed by atoms with Gasteiger partial charge in [0.05, 0.1) is 19.8 Å². The van der Waals surface area contributed by atoms with Crippen LogP contribution in [0.15, 0.2) is 53.5 Å². The Bertz CT molecular complexity index is 1060. The predicted molar refractivity (Wildman–Crippen MR) is 119 cm³/mol. The molecular formula is C22H23ClN6O. The Hall–Kier alpha value is -2.90. The van der Waals surface area contributed by atoms with Gasteiger partial charge >= 0.3 is 0 Å². The molecule has 0 atom stereocenters. The van der Waals surface area contributed by atoms with E-state index in [1.54, 1.807) is 0 Å². The van der Waals surface area contributed by atoms with Crippen LogP contribution >= 0.6 is 11.6 Å². The maximum Gasteiger partial charge on any atom is 0.183 e. The molecule has 3 heterocycles. The molecular weight excluding hydrogens is 400 g/mol. The van der Waals surface area contributed by atoms with Gasteiger partial charge in [0.15, 0.2) is 11.6 Å². The molecule has 0 unspecified atom stereocenters. The van der Waals surface area contributed by atoms with E-state index >= 15 is 0 Å². The molecule has 154 valence electrons. The minimum absolute atomic E-state index is 0.587. The fourth-order valence-corrected chi connectivity index (χ4v) is 3.99. The van der Waals surface area contributed by atoms with Gasteiger partial charge in [0.25, 0.3) is 0 Å². The van der Waals surface area contributed by atoms with Crippen molar-refractivity contribution in [3.05, 3.63) is 64.9 Å². The smallest absolute Gasteiger partial charge is 0.183 e. The van der Waals surface area contributed by atoms with Crippen molar-refractivity contribution in [1.82, 2.24) is 14.9 Å². The van der Waals surface area contributed by atoms with Crippen molar-refractivity contribution >= 4 is 23.1 Å². The highest BCUT2D eigenvalue weighted by atomic mass is 35.5. The first-order chi connectivity index (χ1) is 14.8. The Morgan fingerprint density at radius 2 is 1.87 bits per heavy atom. The van der Waals surface area contributed by atoms with E-state index in [1.807, 2.05) is 28.9 Å². The molecule has 5 rings (SSSR count). The first-order valence-electron chi connectivity index (χ1n) is 10.2. The van der Waals surface area contributed by atoms with Crippen LogP contribution < -0.4 is 10.3 Å². The fraction of sp³-hybridized carbons (Fsp3) is 0.318. The summed E-state index contributed by atoms with van der Waals surface area (Å²) in [4.78, 5) is 7.07. The average molecular weight is 423 g/mol. The van der Waals surface area contributed by atoms with Gasteiger partial charge in [-0.1, -0.05) is 23.7 Å². The van der Waals surface area contributed by atoms with Gasteiger partial charge in [-0.25, -0.2) is 4.68 Å². The number of aromatic nitrogens is 3. The first-order valence-corrected chi connectivity index (χ1v) is 10.6. The molecule has 2 aliphatic rings. The number of hydrogen-bond acceptors (Lipinski definition) is 5. The summed E-state index contributed by atoms with van der Waals surface area (Å²) in [5.74, 6) is 2.64. The van der Waals surface area contributed by atoms with Crippen LogP contribution in [0.5, 0.6) is 0 Å². The second-order valence-electron chi connectivity index (χ2n) is 7.43. The van der Waals surface area contributed by atoms with Crippen molar-refractivity contribution < 1.29 is 4.74 Å². The van der Waals surface area contributed by atoms with Gasteiger partial charge < -0.3 is 9.64 Å². The Morgan fingerprint density at radius 3 is 2.67 bits per heavy atom. The molecule has 1 aromatic heterocycles. The van der Waals surface area contributed by atoms with Crippen LogP contribution in [0.25, 0.3) is 11.4 Å². The van der Waals surface area contributed by atoms with E-state index in [2.05, 4.69) is 44.8 Å². The number of nitrogens with zero attached hydrogens (tertiary/aromatic N) is 5. The van der Waals surface area contributed by atoms with Crippen molar-refractivity contribution in [2.45, 2.75) is 19.4 Å². The summed E-state index contributed by atoms with van der Waals surface area (Å²) < 4.78 is 7.39. The number of aryl methyl sites for hydroxylation is 1. The number of rotatable bonds is 4. The summed E-state index contributed by atoms with van der Waals surface area (Å²) >= 11 is 6.07. The molecule has 7 nitrogen and oxygen atoms in total. The van der Waals surface area contributed by atoms with Crippen molar-refractivity contribution in [3.63, 3.8) is 0 Å². The van der Waals surface area contributed by atoms with Crippen LogP contribution in [0.1, 0.15) is 17.8 Å². The van der Waals surface area contributed by atoms with Crippen LogP contribution in [0, 0.1) is 0 Å². The van der Waals surface area contributed by atoms with E-state index in [0.717, 1.165) is 72.8 Å². The lowest BCUT2D eigenvalue weighted by Gasteiger charge is -2.28. The van der Waals surface area contributed by atoms with Gasteiger partial charge in [-0.15, -0.1) is 10.2 Å². The summed E-state index contributed by atoms with van der Waals surface area (Å²) in [6, 6.07) is 16.3. The molecule has 2 aliphatic heterocycles. The van der Waals surface area contributed by atoms with Crippen molar-refractivity contribution in [2.24, 2.45) is 4.99 Å². The number of fused-ring (bicyclic) bond motifs is 1. The lowest BCUT2D eigenvalue weighted by atomic mass is 10.1. The number of amidine groups is 1. The Balaban J connectivity index is 1.33. The lowest BCUT2D eigenvalue weighted by Crippen LogP contribution is -2.36. The average Bonchev–Trinajstić information content (AvgIpc) is 3.22. The number of aliphatic imine (C=N–C) groups is 1. The third kappa shape index (κ3) is 4.04. The number of ether oxygens (including phenoxy) is 1. The SMILES string of the molecule is Clc1cccc(CN=C2CCc3nnc(-c4ccc(N5CCOCC5)cc4)n3N2)c1. The monoisotopic (exact) mass is 422 g/mol. The number of benzene rings is 2. The minimum Gasteiger partial charge on any atom is -0.378 e. The van der Waals surface area contributed by atoms with E-state index < -0.39 is 0 Å². The molecule has 30 heavy (non-hydrogen) atoms. The molecule has 0 bridgehead atoms. The zero-order valence-corrected chi connectivity index (χ0v) is 17.3. The van der Waals surface area contributed by atoms with Crippen LogP contribution in [-0.4, -0.2) is 47.0 Å². The minimum atomic E-state index is 0.587. The van der Waals surface area contributed by atoms with Crippen LogP contribution in [0.4, 0.5) is 5.69 Å². The lowest BCUT2D eigenvalue weighted by molar-refractivity contribution is 0.122. The van der Waals surface area contributed by atoms with E-state index in [4.69, 9.17) is 21.3 Å². The van der Waals surface area contributed by atoms with E-state index in [1.165, 1.54) is 5.69 Å². The highest BCUT2D eigenvalue weighted by Gasteiger charge is 2.20. The molecule has 0 aliphatic carbocycles. The van der Waals surface area contributed by atoms with Crippen molar-refractivity contribution in [1.29, 1.82) is 0 Å². The zero-order valence-electron chi connectivity index (χ0n) is 16.6. The second kappa shape index (κ2) is 8.45. The fourth-order valence-electron chi connectivity index (χ4n) is 3.78. The van der Waals surface area contributed by atoms with Gasteiger partial charge in [0, 0.05) is 42.2 Å². The van der Waals surface area contributed by atoms with Gasteiger partial charge in [0.1, 0.15) is 5.84 Å². The first kappa shape index (κ1) is 19.1. The third-order valence-electron chi connectivity index (χ3n) is 5.40. The molecule has 8 heteroatoms. The van der Waals surface area contributed by atoms with Crippen molar-refractivity contribution in [3.8, 4) is 11.4 Å². The molecule has 2 aromatic carbocycles. The van der Waals surface area contributed by atoms with E-state index in [-0.39, 0.29) is 0 Å². The summed E-state index contributed by atoms with van der Waals surface area (Å²) in [6.07, 6.45) is 1.62. The normalized spacial score (nSPS) is 17.6. The molecule has 0 spiro atoms. The quantitative estimate of drug-likeness (QED) is 0.696. The van der Waals surface area contributed by atoms with Gasteiger partial charge in [-0.2, -0.15) is 0 Å². The maximum absolute atomic E-state index is 6.07. The molecule has 1 N–H and O–H groups in total. The standard InChI is InChI=1S/C22H23ClN6O/c23-18-3-1-2-16(14-18)15-24-20-8-9-21-25-26-22(29(21)27-20)17-4-6-19(7-5-17)28-10-12-30-13-11-28/h1-7,14H,8-13,15H2,(H,24,27). The molecule has 0 amide bonds. The Kier molecular flexibility index (Phi) is 5.38. The molecule has 0 radical (unpaired) electrons. The largest absolute Gasteiger partial charge is 0.378 e. The van der Waals surface area contributed by atoms with Crippen LogP contribution in [0.2, 0.25) is 5.02 Å². The number of morpholine rings is 1. The summed E-state index contributed by atoms with van der Waals surface area (Å²) in [5, 5.41) is 9.51. The maximum atomic E-state index is 6.07. The summed E-state index contributed by atoms with van der Waals surface area (Å²) in [7, 11) is 0. The molecule has 1 saturated heterocycles. The summed E-state index contributed by atoms with van der Waals surface area (Å²) in [6.45, 7) is 3.99. The molecule has 1 fully saturated rings. The Labute approximate surface area is 180 Å². The van der Waals surface area contributed by atoms with Gasteiger partial charge in [0.2, 0.25) is 0 Å². The molecule has 3 aromatic rings. The van der Waals surface area contributed by atoms with Crippen LogP contribution in [-0.2, 0) is 17.7 Å². The van der Waals surface area contributed by atoms with Gasteiger partial charge in [-0.3, -0.25) is 10.4 Å². The summed E-state index contributed by atoms with van der Waals surface area (Å²) in [5.41, 5.74) is 6.71. The van der Waals surface area contributed by atoms with Crippen molar-refractivity contribution in [2.75, 3.05) is 36.6 Å². The zero-order chi connectivity index (χ0) is 20.3. The number of hydrogen-bond donors (Lipinski definition) is 1. The van der Waals surface area contributed by atoms with Gasteiger partial charge in [-0.05, 0) is 42.0 Å². The number of halogens is 1. The Morgan fingerprint density at radius 1 is 1.03 bits per heavy atom. The van der Waals surface area contributed by atoms with E-state index in [9.17, 15) is 0 Å². The highest BCUT2D eigenvalue weighted by Crippen LogP contribution is 2.24. The third-order valence-corrected chi connectivity index (χ3v) is 5.63.